The van der Waals surface area contributed by atoms with E-state index in [9.17, 15) is 10.1 Å². The first-order valence-electron chi connectivity index (χ1n) is 4.74. The number of halogens is 1. The Bertz CT molecular complexity index is 528. The van der Waals surface area contributed by atoms with Gasteiger partial charge in [0.1, 0.15) is 10.9 Å². The fourth-order valence-corrected chi connectivity index (χ4v) is 1.44. The highest BCUT2D eigenvalue weighted by atomic mass is 35.5. The largest absolute Gasteiger partial charge is 0.467 e. The van der Waals surface area contributed by atoms with Gasteiger partial charge in [-0.15, -0.1) is 0 Å². The summed E-state index contributed by atoms with van der Waals surface area (Å²) in [6.45, 7) is 0.307. The van der Waals surface area contributed by atoms with Crippen molar-refractivity contribution in [3.8, 4) is 0 Å². The molecule has 0 aliphatic carbocycles. The van der Waals surface area contributed by atoms with Crippen molar-refractivity contribution in [2.24, 2.45) is 0 Å². The predicted octanol–water partition coefficient (Wildman–Crippen LogP) is 2.85. The molecule has 0 fully saturated rings. The van der Waals surface area contributed by atoms with Gasteiger partial charge in [-0.2, -0.15) is 0 Å². The molecule has 0 unspecified atom stereocenters. The van der Waals surface area contributed by atoms with Gasteiger partial charge in [0.25, 0.3) is 0 Å². The van der Waals surface area contributed by atoms with E-state index in [-0.39, 0.29) is 16.7 Å². The number of nitrogens with zero attached hydrogens (tertiary/aromatic N) is 2. The normalized spacial score (nSPS) is 10.2. The van der Waals surface area contributed by atoms with Crippen LogP contribution in [0.25, 0.3) is 0 Å². The smallest absolute Gasteiger partial charge is 0.311 e. The Balaban J connectivity index is 2.19. The Morgan fingerprint density at radius 2 is 2.29 bits per heavy atom. The number of nitro groups is 1. The van der Waals surface area contributed by atoms with Gasteiger partial charge in [-0.1, -0.05) is 11.6 Å². The summed E-state index contributed by atoms with van der Waals surface area (Å²) in [5.74, 6) is 0.778. The number of hydrogen-bond donors (Lipinski definition) is 1. The van der Waals surface area contributed by atoms with E-state index in [0.29, 0.717) is 12.3 Å². The number of nitrogens with one attached hydrogen (secondary N) is 1. The van der Waals surface area contributed by atoms with E-state index in [4.69, 9.17) is 16.0 Å². The van der Waals surface area contributed by atoms with Gasteiger partial charge in [-0.25, -0.2) is 4.98 Å². The first kappa shape index (κ1) is 11.4. The molecule has 1 N–H and O–H groups in total. The van der Waals surface area contributed by atoms with Crippen molar-refractivity contribution >= 4 is 23.1 Å². The van der Waals surface area contributed by atoms with Gasteiger partial charge in [0.2, 0.25) is 5.82 Å². The molecule has 0 bridgehead atoms. The molecule has 0 saturated carbocycles. The second kappa shape index (κ2) is 4.84. The third-order valence-corrected chi connectivity index (χ3v) is 2.26. The summed E-state index contributed by atoms with van der Waals surface area (Å²) >= 11 is 5.68. The van der Waals surface area contributed by atoms with Gasteiger partial charge in [-0.3, -0.25) is 10.1 Å². The first-order valence-corrected chi connectivity index (χ1v) is 5.12. The Morgan fingerprint density at radius 1 is 1.47 bits per heavy atom. The lowest BCUT2D eigenvalue weighted by molar-refractivity contribution is -0.384. The van der Waals surface area contributed by atoms with E-state index in [2.05, 4.69) is 10.3 Å². The maximum Gasteiger partial charge on any atom is 0.311 e. The predicted molar refractivity (Wildman–Crippen MR) is 61.9 cm³/mol. The Morgan fingerprint density at radius 3 is 2.94 bits per heavy atom. The lowest BCUT2D eigenvalue weighted by Crippen LogP contribution is -2.04. The van der Waals surface area contributed by atoms with Crippen LogP contribution in [0.3, 0.4) is 0 Å². The first-order chi connectivity index (χ1) is 8.16. The second-order valence-electron chi connectivity index (χ2n) is 3.19. The molecular weight excluding hydrogens is 246 g/mol. The van der Waals surface area contributed by atoms with Crippen molar-refractivity contribution in [3.63, 3.8) is 0 Å². The summed E-state index contributed by atoms with van der Waals surface area (Å²) in [7, 11) is 0. The maximum atomic E-state index is 10.8. The van der Waals surface area contributed by atoms with E-state index in [1.165, 1.54) is 18.4 Å². The fourth-order valence-electron chi connectivity index (χ4n) is 1.29. The third-order valence-electron chi connectivity index (χ3n) is 2.05. The van der Waals surface area contributed by atoms with E-state index in [1.807, 2.05) is 0 Å². The van der Waals surface area contributed by atoms with E-state index in [0.717, 1.165) is 0 Å². The zero-order chi connectivity index (χ0) is 12.3. The lowest BCUT2D eigenvalue weighted by atomic mass is 10.3. The van der Waals surface area contributed by atoms with Crippen molar-refractivity contribution < 1.29 is 9.34 Å². The molecule has 0 atom stereocenters. The molecule has 2 aromatic rings. The summed E-state index contributed by atoms with van der Waals surface area (Å²) < 4.78 is 5.09. The molecule has 0 spiro atoms. The molecule has 6 nitrogen and oxygen atoms in total. The van der Waals surface area contributed by atoms with Crippen LogP contribution < -0.4 is 5.32 Å². The topological polar surface area (TPSA) is 81.2 Å². The van der Waals surface area contributed by atoms with Crippen LogP contribution in [0, 0.1) is 10.1 Å². The van der Waals surface area contributed by atoms with Crippen molar-refractivity contribution in [3.05, 3.63) is 51.6 Å². The zero-order valence-electron chi connectivity index (χ0n) is 8.59. The fraction of sp³-hybridized carbons (Fsp3) is 0.100. The maximum absolute atomic E-state index is 10.8. The van der Waals surface area contributed by atoms with Crippen molar-refractivity contribution in [2.75, 3.05) is 5.32 Å². The van der Waals surface area contributed by atoms with Crippen LogP contribution in [0.4, 0.5) is 11.5 Å². The summed E-state index contributed by atoms with van der Waals surface area (Å²) in [5.41, 5.74) is -0.124. The molecule has 0 aliphatic heterocycles. The molecule has 7 heteroatoms. The third kappa shape index (κ3) is 2.73. The highest BCUT2D eigenvalue weighted by molar-refractivity contribution is 6.29. The highest BCUT2D eigenvalue weighted by Gasteiger charge is 2.15. The standard InChI is InChI=1S/C10H8ClN3O3/c11-9-4-3-8(14(15)16)10(13-9)12-6-7-2-1-5-17-7/h1-5H,6H2,(H,12,13). The van der Waals surface area contributed by atoms with E-state index >= 15 is 0 Å². The van der Waals surface area contributed by atoms with E-state index < -0.39 is 4.92 Å². The minimum atomic E-state index is -0.520. The van der Waals surface area contributed by atoms with Crippen molar-refractivity contribution in [1.29, 1.82) is 0 Å². The molecule has 2 heterocycles. The molecule has 17 heavy (non-hydrogen) atoms. The summed E-state index contributed by atoms with van der Waals surface area (Å²) in [4.78, 5) is 14.1. The number of rotatable bonds is 4. The van der Waals surface area contributed by atoms with Crippen LogP contribution in [-0.4, -0.2) is 9.91 Å². The summed E-state index contributed by atoms with van der Waals surface area (Å²) in [6, 6.07) is 6.16. The second-order valence-corrected chi connectivity index (χ2v) is 3.58. The highest BCUT2D eigenvalue weighted by Crippen LogP contribution is 2.24. The number of pyridine rings is 1. The van der Waals surface area contributed by atoms with Gasteiger partial charge in [0.05, 0.1) is 17.7 Å². The molecule has 0 aliphatic rings. The van der Waals surface area contributed by atoms with Gasteiger partial charge in [0, 0.05) is 6.07 Å². The van der Waals surface area contributed by atoms with Gasteiger partial charge >= 0.3 is 5.69 Å². The summed E-state index contributed by atoms with van der Waals surface area (Å²) in [6.07, 6.45) is 1.52. The number of anilines is 1. The average Bonchev–Trinajstić information content (AvgIpc) is 2.78. The van der Waals surface area contributed by atoms with Crippen LogP contribution >= 0.6 is 11.6 Å². The minimum Gasteiger partial charge on any atom is -0.467 e. The average molecular weight is 254 g/mol. The molecule has 0 aromatic carbocycles. The number of aromatic nitrogens is 1. The summed E-state index contributed by atoms with van der Waals surface area (Å²) in [5, 5.41) is 13.8. The SMILES string of the molecule is O=[N+]([O-])c1ccc(Cl)nc1NCc1ccco1. The van der Waals surface area contributed by atoms with Crippen LogP contribution in [-0.2, 0) is 6.54 Å². The van der Waals surface area contributed by atoms with Gasteiger partial charge < -0.3 is 9.73 Å². The Kier molecular flexibility index (Phi) is 3.24. The Labute approximate surface area is 101 Å². The molecule has 2 rings (SSSR count). The van der Waals surface area contributed by atoms with Crippen LogP contribution in [0.1, 0.15) is 5.76 Å². The number of furan rings is 1. The molecule has 0 saturated heterocycles. The molecular formula is C10H8ClN3O3. The van der Waals surface area contributed by atoms with Crippen LogP contribution in [0.15, 0.2) is 34.9 Å². The van der Waals surface area contributed by atoms with Crippen molar-refractivity contribution in [2.45, 2.75) is 6.54 Å². The Hall–Kier alpha value is -2.08. The molecule has 0 amide bonds. The molecule has 0 radical (unpaired) electrons. The molecule has 88 valence electrons. The minimum absolute atomic E-state index is 0.124. The van der Waals surface area contributed by atoms with Crippen LogP contribution in [0.2, 0.25) is 5.15 Å². The number of hydrogen-bond acceptors (Lipinski definition) is 5. The van der Waals surface area contributed by atoms with Gasteiger partial charge in [-0.05, 0) is 18.2 Å². The lowest BCUT2D eigenvalue weighted by Gasteiger charge is -2.04. The zero-order valence-corrected chi connectivity index (χ0v) is 9.35. The van der Waals surface area contributed by atoms with Crippen LogP contribution in [0.5, 0.6) is 0 Å². The van der Waals surface area contributed by atoms with Crippen molar-refractivity contribution in [1.82, 2.24) is 4.98 Å². The van der Waals surface area contributed by atoms with E-state index in [1.54, 1.807) is 12.1 Å². The monoisotopic (exact) mass is 253 g/mol. The molecule has 2 aromatic heterocycles. The quantitative estimate of drug-likeness (QED) is 0.515. The van der Waals surface area contributed by atoms with Gasteiger partial charge in [0.15, 0.2) is 0 Å².